The maximum Gasteiger partial charge on any atom is 0.416 e. The van der Waals surface area contributed by atoms with Crippen LogP contribution < -0.4 is 10.2 Å². The molecule has 0 spiro atoms. The van der Waals surface area contributed by atoms with Crippen LogP contribution >= 0.6 is 0 Å². The molecular weight excluding hydrogens is 455 g/mol. The van der Waals surface area contributed by atoms with Crippen LogP contribution in [0.2, 0.25) is 0 Å². The fourth-order valence-corrected chi connectivity index (χ4v) is 3.76. The predicted octanol–water partition coefficient (Wildman–Crippen LogP) is 4.93. The van der Waals surface area contributed by atoms with Crippen molar-refractivity contribution >= 4 is 23.1 Å². The fraction of sp³-hybridized carbons (Fsp3) is 0.273. The highest BCUT2D eigenvalue weighted by Gasteiger charge is 2.34. The summed E-state index contributed by atoms with van der Waals surface area (Å²) >= 11 is 0. The quantitative estimate of drug-likeness (QED) is 0.424. The Hall–Kier alpha value is -4.09. The minimum absolute atomic E-state index is 0.0827. The summed E-state index contributed by atoms with van der Waals surface area (Å²) in [5.41, 5.74) is 0.0791. The number of nitrogens with one attached hydrogen (secondary N) is 1. The monoisotopic (exact) mass is 475 g/mol. The molecule has 1 aromatic heterocycles. The van der Waals surface area contributed by atoms with E-state index in [1.807, 2.05) is 30.3 Å². The van der Waals surface area contributed by atoms with Gasteiger partial charge in [-0.05, 0) is 19.1 Å². The summed E-state index contributed by atoms with van der Waals surface area (Å²) in [7, 11) is 0. The number of nitro benzene ring substituents is 1. The number of carbonyl (C=O) groups excluding carboxylic acids is 1. The average Bonchev–Trinajstić information content (AvgIpc) is 3.18. The van der Waals surface area contributed by atoms with E-state index in [0.717, 1.165) is 17.7 Å². The van der Waals surface area contributed by atoms with Gasteiger partial charge in [-0.2, -0.15) is 13.2 Å². The van der Waals surface area contributed by atoms with Crippen LogP contribution in [-0.4, -0.2) is 47.2 Å². The molecule has 0 atom stereocenters. The van der Waals surface area contributed by atoms with E-state index in [1.165, 1.54) is 4.90 Å². The van der Waals surface area contributed by atoms with E-state index >= 15 is 0 Å². The van der Waals surface area contributed by atoms with Crippen molar-refractivity contribution in [2.75, 3.05) is 36.4 Å². The first-order chi connectivity index (χ1) is 16.1. The number of alkyl halides is 3. The third-order valence-electron chi connectivity index (χ3n) is 5.55. The molecule has 12 heteroatoms. The van der Waals surface area contributed by atoms with E-state index in [2.05, 4.69) is 10.5 Å². The van der Waals surface area contributed by atoms with Crippen LogP contribution in [0.3, 0.4) is 0 Å². The van der Waals surface area contributed by atoms with Crippen molar-refractivity contribution in [3.63, 3.8) is 0 Å². The van der Waals surface area contributed by atoms with Crippen LogP contribution in [0.25, 0.3) is 11.3 Å². The molecule has 0 aliphatic carbocycles. The molecular formula is C22H20F3N5O4. The molecule has 1 fully saturated rings. The molecule has 3 aromatic rings. The average molecular weight is 475 g/mol. The van der Waals surface area contributed by atoms with Crippen LogP contribution in [0.5, 0.6) is 0 Å². The minimum Gasteiger partial charge on any atom is -0.362 e. The number of urea groups is 1. The molecule has 0 saturated carbocycles. The zero-order chi connectivity index (χ0) is 24.5. The highest BCUT2D eigenvalue weighted by Crippen LogP contribution is 2.37. The maximum absolute atomic E-state index is 13.0. The zero-order valence-electron chi connectivity index (χ0n) is 18.0. The van der Waals surface area contributed by atoms with Crippen LogP contribution in [0, 0.1) is 17.0 Å². The number of halogens is 3. The van der Waals surface area contributed by atoms with Gasteiger partial charge < -0.3 is 19.6 Å². The van der Waals surface area contributed by atoms with Gasteiger partial charge in [-0.1, -0.05) is 35.5 Å². The molecule has 2 amide bonds. The summed E-state index contributed by atoms with van der Waals surface area (Å²) in [5, 5.41) is 18.2. The molecule has 34 heavy (non-hydrogen) atoms. The summed E-state index contributed by atoms with van der Waals surface area (Å²) in [6.07, 6.45) is -4.68. The SMILES string of the molecule is Cc1onc(-c2ccccc2)c1NC(=O)N1CCN(c2ccc(C(F)(F)F)cc2[N+](=O)[O-])CC1. The van der Waals surface area contributed by atoms with Crippen molar-refractivity contribution in [3.8, 4) is 11.3 Å². The van der Waals surface area contributed by atoms with Gasteiger partial charge in [0.2, 0.25) is 0 Å². The Kier molecular flexibility index (Phi) is 6.14. The molecule has 1 aliphatic rings. The topological polar surface area (TPSA) is 105 Å². The number of aromatic nitrogens is 1. The smallest absolute Gasteiger partial charge is 0.362 e. The molecule has 0 radical (unpaired) electrons. The van der Waals surface area contributed by atoms with Gasteiger partial charge in [-0.15, -0.1) is 0 Å². The highest BCUT2D eigenvalue weighted by atomic mass is 19.4. The Labute approximate surface area is 191 Å². The molecule has 1 N–H and O–H groups in total. The first-order valence-electron chi connectivity index (χ1n) is 10.3. The first kappa shape index (κ1) is 23.1. The molecule has 1 saturated heterocycles. The lowest BCUT2D eigenvalue weighted by Crippen LogP contribution is -2.50. The lowest BCUT2D eigenvalue weighted by atomic mass is 10.1. The number of anilines is 2. The third-order valence-corrected chi connectivity index (χ3v) is 5.55. The standard InChI is InChI=1S/C22H20F3N5O4/c1-14-19(20(27-34-14)15-5-3-2-4-6-15)26-21(31)29-11-9-28(10-12-29)17-8-7-16(22(23,24)25)13-18(17)30(32)33/h2-8,13H,9-12H2,1H3,(H,26,31). The van der Waals surface area contributed by atoms with Crippen molar-refractivity contribution in [1.29, 1.82) is 0 Å². The van der Waals surface area contributed by atoms with Crippen LogP contribution in [0.1, 0.15) is 11.3 Å². The van der Waals surface area contributed by atoms with Crippen molar-refractivity contribution in [3.05, 3.63) is 70.0 Å². The van der Waals surface area contributed by atoms with E-state index in [-0.39, 0.29) is 31.9 Å². The number of aryl methyl sites for hydroxylation is 1. The number of amides is 2. The van der Waals surface area contributed by atoms with Crippen molar-refractivity contribution in [1.82, 2.24) is 10.1 Å². The van der Waals surface area contributed by atoms with Crippen molar-refractivity contribution in [2.45, 2.75) is 13.1 Å². The zero-order valence-corrected chi connectivity index (χ0v) is 18.0. The summed E-state index contributed by atoms with van der Waals surface area (Å²) in [5.74, 6) is 0.436. The van der Waals surface area contributed by atoms with E-state index in [4.69, 9.17) is 4.52 Å². The molecule has 4 rings (SSSR count). The second-order valence-corrected chi connectivity index (χ2v) is 7.69. The van der Waals surface area contributed by atoms with Gasteiger partial charge >= 0.3 is 12.2 Å². The van der Waals surface area contributed by atoms with Gasteiger partial charge in [-0.3, -0.25) is 10.1 Å². The number of nitrogens with zero attached hydrogens (tertiary/aromatic N) is 4. The molecule has 2 heterocycles. The van der Waals surface area contributed by atoms with E-state index in [0.29, 0.717) is 23.2 Å². The van der Waals surface area contributed by atoms with Gasteiger partial charge in [0.25, 0.3) is 5.69 Å². The minimum atomic E-state index is -4.68. The van der Waals surface area contributed by atoms with Crippen molar-refractivity contribution < 1.29 is 27.4 Å². The van der Waals surface area contributed by atoms with Gasteiger partial charge in [-0.25, -0.2) is 4.79 Å². The Morgan fingerprint density at radius 1 is 1.12 bits per heavy atom. The largest absolute Gasteiger partial charge is 0.416 e. The number of hydrogen-bond donors (Lipinski definition) is 1. The van der Waals surface area contributed by atoms with Crippen LogP contribution in [0.15, 0.2) is 53.1 Å². The predicted molar refractivity (Wildman–Crippen MR) is 118 cm³/mol. The molecule has 0 bridgehead atoms. The number of benzene rings is 2. The third kappa shape index (κ3) is 4.65. The summed E-state index contributed by atoms with van der Waals surface area (Å²) in [4.78, 5) is 26.6. The lowest BCUT2D eigenvalue weighted by molar-refractivity contribution is -0.384. The van der Waals surface area contributed by atoms with Gasteiger partial charge in [0.05, 0.1) is 10.5 Å². The number of piperazine rings is 1. The van der Waals surface area contributed by atoms with Gasteiger partial charge in [0, 0.05) is 37.8 Å². The Morgan fingerprint density at radius 2 is 1.79 bits per heavy atom. The van der Waals surface area contributed by atoms with Gasteiger partial charge in [0.1, 0.15) is 17.1 Å². The lowest BCUT2D eigenvalue weighted by Gasteiger charge is -2.35. The first-order valence-corrected chi connectivity index (χ1v) is 10.3. The number of rotatable bonds is 4. The molecule has 0 unspecified atom stereocenters. The van der Waals surface area contributed by atoms with Crippen LogP contribution in [0.4, 0.5) is 35.0 Å². The Balaban J connectivity index is 1.46. The molecule has 9 nitrogen and oxygen atoms in total. The summed E-state index contributed by atoms with van der Waals surface area (Å²) in [6.45, 7) is 2.54. The fourth-order valence-electron chi connectivity index (χ4n) is 3.76. The molecule has 178 valence electrons. The number of nitro groups is 1. The Morgan fingerprint density at radius 3 is 2.41 bits per heavy atom. The molecule has 2 aromatic carbocycles. The van der Waals surface area contributed by atoms with Gasteiger partial charge in [0.15, 0.2) is 5.76 Å². The Bertz CT molecular complexity index is 1200. The second-order valence-electron chi connectivity index (χ2n) is 7.69. The van der Waals surface area contributed by atoms with E-state index < -0.39 is 28.4 Å². The summed E-state index contributed by atoms with van der Waals surface area (Å²) in [6, 6.07) is 11.3. The maximum atomic E-state index is 13.0. The van der Waals surface area contributed by atoms with E-state index in [1.54, 1.807) is 11.8 Å². The molecule has 1 aliphatic heterocycles. The van der Waals surface area contributed by atoms with Crippen LogP contribution in [-0.2, 0) is 6.18 Å². The highest BCUT2D eigenvalue weighted by molar-refractivity contribution is 5.94. The normalized spacial score (nSPS) is 14.2. The van der Waals surface area contributed by atoms with E-state index in [9.17, 15) is 28.1 Å². The van der Waals surface area contributed by atoms with Crippen molar-refractivity contribution in [2.24, 2.45) is 0 Å². The number of carbonyl (C=O) groups is 1. The second kappa shape index (κ2) is 9.04. The number of hydrogen-bond acceptors (Lipinski definition) is 6. The summed E-state index contributed by atoms with van der Waals surface area (Å²) < 4.78 is 44.1.